The largest absolute Gasteiger partial charge is 0.501 e. The summed E-state index contributed by atoms with van der Waals surface area (Å²) in [6.45, 7) is 4.04. The van der Waals surface area contributed by atoms with Gasteiger partial charge in [-0.15, -0.1) is 0 Å². The summed E-state index contributed by atoms with van der Waals surface area (Å²) in [4.78, 5) is 0.948. The molecule has 10 heteroatoms. The van der Waals surface area contributed by atoms with Crippen LogP contribution < -0.4 is 4.90 Å². The van der Waals surface area contributed by atoms with Crippen LogP contribution in [0.1, 0.15) is 26.7 Å². The van der Waals surface area contributed by atoms with Gasteiger partial charge in [0.2, 0.25) is 0 Å². The van der Waals surface area contributed by atoms with Crippen LogP contribution in [0.5, 0.6) is 0 Å². The van der Waals surface area contributed by atoms with Crippen molar-refractivity contribution < 1.29 is 30.0 Å². The molecule has 142 valence electrons. The first-order valence-corrected chi connectivity index (χ1v) is 10.9. The summed E-state index contributed by atoms with van der Waals surface area (Å²) in [6, 6.07) is 4.38. The number of hydrogen-bond acceptors (Lipinski definition) is 5. The normalized spacial score (nSPS) is 20.4. The van der Waals surface area contributed by atoms with Crippen molar-refractivity contribution in [2.24, 2.45) is 0 Å². The number of sulfone groups is 2. The fraction of sp³-hybridized carbons (Fsp3) is 0.600. The molecular weight excluding hydrogens is 379 g/mol. The molecule has 0 atom stereocenters. The Balaban J connectivity index is 2.33. The van der Waals surface area contributed by atoms with E-state index < -0.39 is 34.8 Å². The van der Waals surface area contributed by atoms with Crippen molar-refractivity contribution in [1.29, 1.82) is 0 Å². The molecule has 0 bridgehead atoms. The molecule has 25 heavy (non-hydrogen) atoms. The Morgan fingerprint density at radius 3 is 2.08 bits per heavy atom. The third-order valence-corrected chi connectivity index (χ3v) is 9.12. The highest BCUT2D eigenvalue weighted by molar-refractivity contribution is 7.93. The van der Waals surface area contributed by atoms with Gasteiger partial charge < -0.3 is 4.90 Å². The molecule has 0 aromatic heterocycles. The second-order valence-corrected chi connectivity index (χ2v) is 10.5. The maximum Gasteiger partial charge on any atom is 0.501 e. The van der Waals surface area contributed by atoms with Crippen LogP contribution in [0, 0.1) is 0 Å². The molecule has 0 saturated carbocycles. The summed E-state index contributed by atoms with van der Waals surface area (Å²) >= 11 is 0. The van der Waals surface area contributed by atoms with Gasteiger partial charge in [0.1, 0.15) is 0 Å². The fourth-order valence-corrected chi connectivity index (χ4v) is 5.96. The molecule has 0 amide bonds. The predicted octanol–water partition coefficient (Wildman–Crippen LogP) is 2.77. The summed E-state index contributed by atoms with van der Waals surface area (Å²) in [6.07, 6.45) is 0.867. The minimum absolute atomic E-state index is 0.0444. The van der Waals surface area contributed by atoms with Gasteiger partial charge in [0.25, 0.3) is 9.84 Å². The highest BCUT2D eigenvalue weighted by atomic mass is 32.2. The van der Waals surface area contributed by atoms with Crippen molar-refractivity contribution in [2.75, 3.05) is 23.7 Å². The second-order valence-electron chi connectivity index (χ2n) is 6.07. The molecule has 0 spiro atoms. The van der Waals surface area contributed by atoms with Crippen molar-refractivity contribution in [3.63, 3.8) is 0 Å². The lowest BCUT2D eigenvalue weighted by Gasteiger charge is -2.42. The summed E-state index contributed by atoms with van der Waals surface area (Å²) in [5.41, 5.74) is -4.85. The summed E-state index contributed by atoms with van der Waals surface area (Å²) in [5.74, 6) is -0.0444. The van der Waals surface area contributed by atoms with Gasteiger partial charge in [0, 0.05) is 18.8 Å². The zero-order valence-corrected chi connectivity index (χ0v) is 15.5. The summed E-state index contributed by atoms with van der Waals surface area (Å²) in [7, 11) is -8.65. The molecule has 0 unspecified atom stereocenters. The van der Waals surface area contributed by atoms with E-state index in [1.807, 2.05) is 0 Å². The van der Waals surface area contributed by atoms with E-state index in [9.17, 15) is 30.0 Å². The monoisotopic (exact) mass is 399 g/mol. The molecule has 2 rings (SSSR count). The van der Waals surface area contributed by atoms with Crippen molar-refractivity contribution >= 4 is 25.4 Å². The van der Waals surface area contributed by atoms with E-state index in [4.69, 9.17) is 0 Å². The van der Waals surface area contributed by atoms with Crippen LogP contribution in [0.3, 0.4) is 0 Å². The molecule has 0 N–H and O–H groups in total. The van der Waals surface area contributed by atoms with Gasteiger partial charge >= 0.3 is 5.51 Å². The first-order valence-electron chi connectivity index (χ1n) is 7.79. The van der Waals surface area contributed by atoms with Crippen LogP contribution >= 0.6 is 0 Å². The third-order valence-electron chi connectivity index (χ3n) is 4.87. The molecule has 5 nitrogen and oxygen atoms in total. The molecular formula is C15H20F3NO4S2. The van der Waals surface area contributed by atoms with Gasteiger partial charge in [0.15, 0.2) is 9.84 Å². The van der Waals surface area contributed by atoms with Gasteiger partial charge in [-0.25, -0.2) is 16.8 Å². The Morgan fingerprint density at radius 1 is 1.12 bits per heavy atom. The van der Waals surface area contributed by atoms with E-state index in [2.05, 4.69) is 0 Å². The zero-order chi connectivity index (χ0) is 19.1. The fourth-order valence-electron chi connectivity index (χ4n) is 3.08. The van der Waals surface area contributed by atoms with E-state index in [1.165, 1.54) is 12.1 Å². The lowest BCUT2D eigenvalue weighted by Crippen LogP contribution is -2.55. The second kappa shape index (κ2) is 6.46. The van der Waals surface area contributed by atoms with E-state index in [0.29, 0.717) is 18.5 Å². The Hall–Kier alpha value is -1.29. The van der Waals surface area contributed by atoms with Crippen molar-refractivity contribution in [1.82, 2.24) is 0 Å². The van der Waals surface area contributed by atoms with E-state index in [1.54, 1.807) is 18.7 Å². The van der Waals surface area contributed by atoms with E-state index >= 15 is 0 Å². The van der Waals surface area contributed by atoms with E-state index in [0.717, 1.165) is 12.1 Å². The molecule has 1 aromatic rings. The average Bonchev–Trinajstić information content (AvgIpc) is 2.54. The molecule has 1 aliphatic heterocycles. The quantitative estimate of drug-likeness (QED) is 0.779. The molecule has 1 fully saturated rings. The van der Waals surface area contributed by atoms with Crippen LogP contribution in [-0.2, 0) is 19.7 Å². The van der Waals surface area contributed by atoms with Gasteiger partial charge in [-0.1, -0.05) is 13.8 Å². The number of halogens is 3. The Bertz CT molecular complexity index is 827. The lowest BCUT2D eigenvalue weighted by molar-refractivity contribution is -0.0436. The third kappa shape index (κ3) is 3.38. The highest BCUT2D eigenvalue weighted by Crippen LogP contribution is 2.35. The predicted molar refractivity (Wildman–Crippen MR) is 89.0 cm³/mol. The number of rotatable bonds is 4. The van der Waals surface area contributed by atoms with Crippen LogP contribution in [0.15, 0.2) is 29.2 Å². The Morgan fingerprint density at radius 2 is 1.64 bits per heavy atom. The van der Waals surface area contributed by atoms with Gasteiger partial charge in [-0.2, -0.15) is 13.2 Å². The number of hydrogen-bond donors (Lipinski definition) is 0. The molecule has 1 saturated heterocycles. The Kier molecular flexibility index (Phi) is 5.17. The highest BCUT2D eigenvalue weighted by Gasteiger charge is 2.47. The van der Waals surface area contributed by atoms with Crippen LogP contribution in [0.2, 0.25) is 0 Å². The topological polar surface area (TPSA) is 71.5 Å². The minimum Gasteiger partial charge on any atom is -0.369 e. The number of alkyl halides is 3. The number of benzene rings is 1. The van der Waals surface area contributed by atoms with Crippen molar-refractivity contribution in [3.05, 3.63) is 24.3 Å². The first-order chi connectivity index (χ1) is 11.4. The minimum atomic E-state index is -5.39. The number of anilines is 1. The summed E-state index contributed by atoms with van der Waals surface area (Å²) < 4.78 is 84.5. The summed E-state index contributed by atoms with van der Waals surface area (Å²) in [5, 5.41) is 0. The molecule has 1 aliphatic rings. The average molecular weight is 399 g/mol. The van der Waals surface area contributed by atoms with Crippen LogP contribution in [-0.4, -0.2) is 45.9 Å². The lowest BCUT2D eigenvalue weighted by atomic mass is 10.0. The van der Waals surface area contributed by atoms with Gasteiger partial charge in [-0.3, -0.25) is 0 Å². The van der Waals surface area contributed by atoms with Crippen molar-refractivity contribution in [2.45, 2.75) is 41.8 Å². The van der Waals surface area contributed by atoms with Crippen LogP contribution in [0.25, 0.3) is 0 Å². The molecule has 0 aliphatic carbocycles. The standard InChI is InChI=1S/C15H20F3NO4S2/c1-3-14(4-2)11-19(9-10-24(14,20)21)12-5-7-13(8-6-12)25(22,23)15(16,17)18/h5-8H,3-4,9-11H2,1-2H3. The maximum absolute atomic E-state index is 12.6. The number of nitrogens with zero attached hydrogens (tertiary/aromatic N) is 1. The maximum atomic E-state index is 12.6. The van der Waals surface area contributed by atoms with Crippen molar-refractivity contribution in [3.8, 4) is 0 Å². The van der Waals surface area contributed by atoms with Gasteiger partial charge in [-0.05, 0) is 37.1 Å². The van der Waals surface area contributed by atoms with E-state index in [-0.39, 0.29) is 18.8 Å². The van der Waals surface area contributed by atoms with Gasteiger partial charge in [0.05, 0.1) is 15.4 Å². The first kappa shape index (κ1) is 20.0. The molecule has 0 radical (unpaired) electrons. The molecule has 1 aromatic carbocycles. The smallest absolute Gasteiger partial charge is 0.369 e. The molecule has 1 heterocycles. The van der Waals surface area contributed by atoms with Crippen LogP contribution in [0.4, 0.5) is 18.9 Å². The Labute approximate surface area is 145 Å². The SMILES string of the molecule is CCC1(CC)CN(c2ccc(S(=O)(=O)C(F)(F)F)cc2)CCS1(=O)=O. The zero-order valence-electron chi connectivity index (χ0n) is 13.9.